The molecule has 0 bridgehead atoms. The van der Waals surface area contributed by atoms with Crippen LogP contribution >= 0.6 is 0 Å². The van der Waals surface area contributed by atoms with Gasteiger partial charge in [0.2, 0.25) is 0 Å². The van der Waals surface area contributed by atoms with Gasteiger partial charge in [0.1, 0.15) is 0 Å². The second-order valence-corrected chi connectivity index (χ2v) is 6.72. The summed E-state index contributed by atoms with van der Waals surface area (Å²) < 4.78 is 0. The van der Waals surface area contributed by atoms with E-state index >= 15 is 0 Å². The SMILES string of the molecule is CCCCCCCCC/C=C/CCCNc1ccc(CC(=O)O)cc1. The minimum Gasteiger partial charge on any atom is -0.481 e. The standard InChI is InChI=1S/C22H35NO2/c1-2-3-4-5-6-7-8-9-10-11-12-13-18-23-21-16-14-20(15-17-21)19-22(24)25/h10-11,14-17,23H,2-9,12-13,18-19H2,1H3,(H,24,25)/b11-10+. The first-order valence-electron chi connectivity index (χ1n) is 9.92. The molecular weight excluding hydrogens is 310 g/mol. The first-order chi connectivity index (χ1) is 12.2. The molecule has 2 N–H and O–H groups in total. The van der Waals surface area contributed by atoms with Crippen molar-refractivity contribution in [2.24, 2.45) is 0 Å². The number of benzene rings is 1. The molecule has 0 aliphatic carbocycles. The summed E-state index contributed by atoms with van der Waals surface area (Å²) in [4.78, 5) is 10.6. The molecule has 0 saturated carbocycles. The number of allylic oxidation sites excluding steroid dienone is 2. The van der Waals surface area contributed by atoms with E-state index in [0.717, 1.165) is 30.6 Å². The van der Waals surface area contributed by atoms with E-state index in [4.69, 9.17) is 5.11 Å². The van der Waals surface area contributed by atoms with Gasteiger partial charge in [-0.15, -0.1) is 0 Å². The van der Waals surface area contributed by atoms with E-state index in [9.17, 15) is 4.79 Å². The number of carboxylic acids is 1. The minimum absolute atomic E-state index is 0.0871. The van der Waals surface area contributed by atoms with E-state index in [-0.39, 0.29) is 6.42 Å². The highest BCUT2D eigenvalue weighted by atomic mass is 16.4. The van der Waals surface area contributed by atoms with Gasteiger partial charge >= 0.3 is 5.97 Å². The highest BCUT2D eigenvalue weighted by Crippen LogP contribution is 2.11. The quantitative estimate of drug-likeness (QED) is 0.294. The van der Waals surface area contributed by atoms with Gasteiger partial charge in [-0.05, 0) is 43.4 Å². The van der Waals surface area contributed by atoms with Crippen molar-refractivity contribution in [3.63, 3.8) is 0 Å². The Morgan fingerprint density at radius 1 is 0.920 bits per heavy atom. The topological polar surface area (TPSA) is 49.3 Å². The van der Waals surface area contributed by atoms with E-state index in [1.807, 2.05) is 24.3 Å². The van der Waals surface area contributed by atoms with E-state index < -0.39 is 5.97 Å². The molecule has 0 radical (unpaired) electrons. The van der Waals surface area contributed by atoms with Crippen LogP contribution in [0, 0.1) is 0 Å². The molecule has 0 heterocycles. The van der Waals surface area contributed by atoms with Crippen molar-refractivity contribution in [1.29, 1.82) is 0 Å². The molecule has 0 saturated heterocycles. The van der Waals surface area contributed by atoms with Crippen molar-refractivity contribution in [2.45, 2.75) is 77.6 Å². The molecule has 1 rings (SSSR count). The molecule has 25 heavy (non-hydrogen) atoms. The third-order valence-corrected chi connectivity index (χ3v) is 4.33. The fourth-order valence-corrected chi connectivity index (χ4v) is 2.82. The summed E-state index contributed by atoms with van der Waals surface area (Å²) in [5, 5.41) is 12.1. The number of unbranched alkanes of at least 4 members (excludes halogenated alkanes) is 8. The van der Waals surface area contributed by atoms with Crippen LogP contribution in [0.4, 0.5) is 5.69 Å². The molecular formula is C22H35NO2. The highest BCUT2D eigenvalue weighted by Gasteiger charge is 1.99. The number of rotatable bonds is 15. The van der Waals surface area contributed by atoms with Gasteiger partial charge in [-0.3, -0.25) is 4.79 Å². The van der Waals surface area contributed by atoms with Crippen molar-refractivity contribution in [2.75, 3.05) is 11.9 Å². The highest BCUT2D eigenvalue weighted by molar-refractivity contribution is 5.70. The molecule has 1 aromatic carbocycles. The fraction of sp³-hybridized carbons (Fsp3) is 0.591. The molecule has 0 aliphatic heterocycles. The summed E-state index contributed by atoms with van der Waals surface area (Å²) in [6.45, 7) is 3.21. The average molecular weight is 346 g/mol. The van der Waals surface area contributed by atoms with Gasteiger partial charge in [0.15, 0.2) is 0 Å². The maximum Gasteiger partial charge on any atom is 0.307 e. The number of hydrogen-bond donors (Lipinski definition) is 2. The molecule has 3 heteroatoms. The predicted molar refractivity (Wildman–Crippen MR) is 107 cm³/mol. The third-order valence-electron chi connectivity index (χ3n) is 4.33. The van der Waals surface area contributed by atoms with Crippen LogP contribution in [0.3, 0.4) is 0 Å². The van der Waals surface area contributed by atoms with Crippen LogP contribution in [-0.4, -0.2) is 17.6 Å². The van der Waals surface area contributed by atoms with Crippen LogP contribution in [-0.2, 0) is 11.2 Å². The summed E-state index contributed by atoms with van der Waals surface area (Å²) >= 11 is 0. The lowest BCUT2D eigenvalue weighted by molar-refractivity contribution is -0.136. The van der Waals surface area contributed by atoms with Gasteiger partial charge in [-0.25, -0.2) is 0 Å². The summed E-state index contributed by atoms with van der Waals surface area (Å²) in [6.07, 6.45) is 17.8. The summed E-state index contributed by atoms with van der Waals surface area (Å²) in [5.74, 6) is -0.788. The number of anilines is 1. The van der Waals surface area contributed by atoms with Crippen LogP contribution in [0.15, 0.2) is 36.4 Å². The second-order valence-electron chi connectivity index (χ2n) is 6.72. The molecule has 0 aromatic heterocycles. The Labute approximate surface area is 153 Å². The maximum absolute atomic E-state index is 10.6. The van der Waals surface area contributed by atoms with Gasteiger partial charge in [0, 0.05) is 12.2 Å². The molecule has 0 fully saturated rings. The summed E-state index contributed by atoms with van der Waals surface area (Å²) in [6, 6.07) is 7.65. The Morgan fingerprint density at radius 3 is 2.16 bits per heavy atom. The van der Waals surface area contributed by atoms with E-state index in [2.05, 4.69) is 24.4 Å². The monoisotopic (exact) mass is 345 g/mol. The van der Waals surface area contributed by atoms with Crippen LogP contribution < -0.4 is 5.32 Å². The Bertz CT molecular complexity index is 479. The Kier molecular flexibility index (Phi) is 12.4. The molecule has 0 spiro atoms. The Hall–Kier alpha value is -1.77. The van der Waals surface area contributed by atoms with Gasteiger partial charge in [0.05, 0.1) is 6.42 Å². The van der Waals surface area contributed by atoms with Crippen molar-refractivity contribution < 1.29 is 9.90 Å². The first kappa shape index (κ1) is 21.3. The number of nitrogens with one attached hydrogen (secondary N) is 1. The minimum atomic E-state index is -0.788. The molecule has 3 nitrogen and oxygen atoms in total. The van der Waals surface area contributed by atoms with Gasteiger partial charge < -0.3 is 10.4 Å². The Morgan fingerprint density at radius 2 is 1.52 bits per heavy atom. The molecule has 0 unspecified atom stereocenters. The van der Waals surface area contributed by atoms with Gasteiger partial charge in [0.25, 0.3) is 0 Å². The van der Waals surface area contributed by atoms with Crippen molar-refractivity contribution in [1.82, 2.24) is 0 Å². The lowest BCUT2D eigenvalue weighted by Crippen LogP contribution is -2.02. The number of hydrogen-bond acceptors (Lipinski definition) is 2. The lowest BCUT2D eigenvalue weighted by atomic mass is 10.1. The van der Waals surface area contributed by atoms with Crippen LogP contribution in [0.5, 0.6) is 0 Å². The lowest BCUT2D eigenvalue weighted by Gasteiger charge is -2.06. The zero-order valence-electron chi connectivity index (χ0n) is 15.8. The first-order valence-corrected chi connectivity index (χ1v) is 9.92. The van der Waals surface area contributed by atoms with Gasteiger partial charge in [-0.1, -0.05) is 69.7 Å². The van der Waals surface area contributed by atoms with E-state index in [0.29, 0.717) is 0 Å². The molecule has 0 aliphatic rings. The number of aliphatic carboxylic acids is 1. The molecule has 1 aromatic rings. The van der Waals surface area contributed by atoms with Crippen LogP contribution in [0.2, 0.25) is 0 Å². The largest absolute Gasteiger partial charge is 0.481 e. The predicted octanol–water partition coefficient (Wildman–Crippen LogP) is 6.20. The number of carbonyl (C=O) groups is 1. The third kappa shape index (κ3) is 12.3. The van der Waals surface area contributed by atoms with Crippen LogP contribution in [0.1, 0.15) is 76.7 Å². The second kappa shape index (κ2) is 14.6. The molecule has 0 atom stereocenters. The smallest absolute Gasteiger partial charge is 0.307 e. The van der Waals surface area contributed by atoms with Crippen LogP contribution in [0.25, 0.3) is 0 Å². The number of carboxylic acid groups (broad SMARTS) is 1. The zero-order chi connectivity index (χ0) is 18.2. The van der Waals surface area contributed by atoms with Crippen molar-refractivity contribution in [3.05, 3.63) is 42.0 Å². The molecule has 140 valence electrons. The summed E-state index contributed by atoms with van der Waals surface area (Å²) in [7, 11) is 0. The average Bonchev–Trinajstić information content (AvgIpc) is 2.60. The molecule has 0 amide bonds. The van der Waals surface area contributed by atoms with E-state index in [1.165, 1.54) is 51.4 Å². The zero-order valence-corrected chi connectivity index (χ0v) is 15.8. The normalized spacial score (nSPS) is 11.1. The summed E-state index contributed by atoms with van der Waals surface area (Å²) in [5.41, 5.74) is 1.90. The van der Waals surface area contributed by atoms with Crippen molar-refractivity contribution in [3.8, 4) is 0 Å². The fourth-order valence-electron chi connectivity index (χ4n) is 2.82. The van der Waals surface area contributed by atoms with E-state index in [1.54, 1.807) is 0 Å². The maximum atomic E-state index is 10.6. The Balaban J connectivity index is 1.96. The van der Waals surface area contributed by atoms with Crippen molar-refractivity contribution >= 4 is 11.7 Å². The van der Waals surface area contributed by atoms with Gasteiger partial charge in [-0.2, -0.15) is 0 Å².